The summed E-state index contributed by atoms with van der Waals surface area (Å²) in [6.45, 7) is 1.75. The van der Waals surface area contributed by atoms with Crippen LogP contribution in [0.3, 0.4) is 0 Å². The van der Waals surface area contributed by atoms with E-state index in [2.05, 4.69) is 26.0 Å². The standard InChI is InChI=1S/C22H27BrN2O4S/c1-16(17-6-5-7-18(23)14-17)24-22(26)15-29-20-10-12-21(13-11-20)30(27,28)25-19-8-3-2-4-9-19/h5-7,10-14,16,19,25H,2-4,8-9,15H2,1H3,(H,24,26)/t16-/m0/s1. The molecule has 3 rings (SSSR count). The normalized spacial score (nSPS) is 16.1. The van der Waals surface area contributed by atoms with Gasteiger partial charge in [-0.2, -0.15) is 0 Å². The van der Waals surface area contributed by atoms with Crippen LogP contribution in [0.4, 0.5) is 0 Å². The highest BCUT2D eigenvalue weighted by molar-refractivity contribution is 9.10. The second-order valence-corrected chi connectivity index (χ2v) is 10.2. The maximum absolute atomic E-state index is 12.5. The van der Waals surface area contributed by atoms with Crippen molar-refractivity contribution >= 4 is 31.9 Å². The van der Waals surface area contributed by atoms with Crippen molar-refractivity contribution in [2.45, 2.75) is 56.0 Å². The Kier molecular flexibility index (Phi) is 7.91. The lowest BCUT2D eigenvalue weighted by Gasteiger charge is -2.22. The van der Waals surface area contributed by atoms with Gasteiger partial charge in [-0.15, -0.1) is 0 Å². The van der Waals surface area contributed by atoms with E-state index in [0.717, 1.165) is 35.7 Å². The lowest BCUT2D eigenvalue weighted by molar-refractivity contribution is -0.123. The molecule has 1 atom stereocenters. The van der Waals surface area contributed by atoms with Gasteiger partial charge in [-0.25, -0.2) is 13.1 Å². The fraction of sp³-hybridized carbons (Fsp3) is 0.409. The summed E-state index contributed by atoms with van der Waals surface area (Å²) in [4.78, 5) is 12.4. The van der Waals surface area contributed by atoms with Crippen LogP contribution < -0.4 is 14.8 Å². The molecule has 2 aromatic carbocycles. The molecular formula is C22H27BrN2O4S. The van der Waals surface area contributed by atoms with Crippen molar-refractivity contribution in [1.29, 1.82) is 0 Å². The third-order valence-corrected chi connectivity index (χ3v) is 7.19. The van der Waals surface area contributed by atoms with Gasteiger partial charge in [0, 0.05) is 10.5 Å². The third-order valence-electron chi connectivity index (χ3n) is 5.16. The van der Waals surface area contributed by atoms with Crippen molar-refractivity contribution in [2.75, 3.05) is 6.61 Å². The SMILES string of the molecule is C[C@H](NC(=O)COc1ccc(S(=O)(=O)NC2CCCCC2)cc1)c1cccc(Br)c1. The number of ether oxygens (including phenoxy) is 1. The van der Waals surface area contributed by atoms with E-state index >= 15 is 0 Å². The molecule has 0 radical (unpaired) electrons. The fourth-order valence-corrected chi connectivity index (χ4v) is 5.24. The van der Waals surface area contributed by atoms with Crippen LogP contribution in [-0.2, 0) is 14.8 Å². The number of halogens is 1. The van der Waals surface area contributed by atoms with Gasteiger partial charge in [0.2, 0.25) is 10.0 Å². The molecule has 30 heavy (non-hydrogen) atoms. The molecule has 2 aromatic rings. The Morgan fingerprint density at radius 1 is 1.13 bits per heavy atom. The van der Waals surface area contributed by atoms with Crippen molar-refractivity contribution in [3.05, 3.63) is 58.6 Å². The first-order valence-electron chi connectivity index (χ1n) is 10.1. The molecule has 6 nitrogen and oxygen atoms in total. The number of benzene rings is 2. The summed E-state index contributed by atoms with van der Waals surface area (Å²) < 4.78 is 34.3. The van der Waals surface area contributed by atoms with E-state index in [0.29, 0.717) is 5.75 Å². The highest BCUT2D eigenvalue weighted by Crippen LogP contribution is 2.21. The number of nitrogens with one attached hydrogen (secondary N) is 2. The van der Waals surface area contributed by atoms with E-state index in [-0.39, 0.29) is 29.5 Å². The molecule has 8 heteroatoms. The average molecular weight is 495 g/mol. The molecule has 0 unspecified atom stereocenters. The molecule has 1 aliphatic carbocycles. The first-order chi connectivity index (χ1) is 14.3. The average Bonchev–Trinajstić information content (AvgIpc) is 2.73. The molecule has 1 amide bonds. The van der Waals surface area contributed by atoms with E-state index in [1.165, 1.54) is 18.6 Å². The van der Waals surface area contributed by atoms with Crippen LogP contribution in [0.2, 0.25) is 0 Å². The highest BCUT2D eigenvalue weighted by atomic mass is 79.9. The molecule has 0 bridgehead atoms. The zero-order chi connectivity index (χ0) is 21.6. The summed E-state index contributed by atoms with van der Waals surface area (Å²) in [5, 5.41) is 2.88. The van der Waals surface area contributed by atoms with E-state index in [1.54, 1.807) is 12.1 Å². The minimum atomic E-state index is -3.55. The maximum Gasteiger partial charge on any atom is 0.258 e. The van der Waals surface area contributed by atoms with Gasteiger partial charge < -0.3 is 10.1 Å². The first-order valence-corrected chi connectivity index (χ1v) is 12.4. The number of carbonyl (C=O) groups is 1. The predicted molar refractivity (Wildman–Crippen MR) is 120 cm³/mol. The first kappa shape index (κ1) is 22.8. The summed E-state index contributed by atoms with van der Waals surface area (Å²) in [5.41, 5.74) is 0.984. The second kappa shape index (κ2) is 10.4. The van der Waals surface area contributed by atoms with E-state index in [1.807, 2.05) is 31.2 Å². The van der Waals surface area contributed by atoms with Gasteiger partial charge in [-0.3, -0.25) is 4.79 Å². The minimum Gasteiger partial charge on any atom is -0.484 e. The van der Waals surface area contributed by atoms with Crippen molar-refractivity contribution in [2.24, 2.45) is 0 Å². The van der Waals surface area contributed by atoms with Crippen molar-refractivity contribution < 1.29 is 17.9 Å². The number of hydrogen-bond donors (Lipinski definition) is 2. The Hall–Kier alpha value is -1.90. The number of carbonyl (C=O) groups excluding carboxylic acids is 1. The van der Waals surface area contributed by atoms with Crippen LogP contribution >= 0.6 is 15.9 Å². The molecule has 1 fully saturated rings. The summed E-state index contributed by atoms with van der Waals surface area (Å²) >= 11 is 3.42. The van der Waals surface area contributed by atoms with E-state index < -0.39 is 10.0 Å². The molecule has 1 aliphatic rings. The zero-order valence-corrected chi connectivity index (χ0v) is 19.3. The minimum absolute atomic E-state index is 0.00981. The van der Waals surface area contributed by atoms with Gasteiger partial charge in [-0.05, 0) is 61.7 Å². The molecule has 1 saturated carbocycles. The summed E-state index contributed by atoms with van der Waals surface area (Å²) in [6, 6.07) is 13.7. The van der Waals surface area contributed by atoms with Crippen LogP contribution in [-0.4, -0.2) is 27.0 Å². The number of sulfonamides is 1. The van der Waals surface area contributed by atoms with Gasteiger partial charge >= 0.3 is 0 Å². The Labute approximate surface area is 186 Å². The van der Waals surface area contributed by atoms with Crippen LogP contribution in [0.15, 0.2) is 57.9 Å². The van der Waals surface area contributed by atoms with Gasteiger partial charge in [0.1, 0.15) is 5.75 Å². The van der Waals surface area contributed by atoms with E-state index in [4.69, 9.17) is 4.74 Å². The van der Waals surface area contributed by atoms with Crippen LogP contribution in [0.5, 0.6) is 5.75 Å². The van der Waals surface area contributed by atoms with Crippen LogP contribution in [0.25, 0.3) is 0 Å². The monoisotopic (exact) mass is 494 g/mol. The third kappa shape index (κ3) is 6.55. The van der Waals surface area contributed by atoms with E-state index in [9.17, 15) is 13.2 Å². The predicted octanol–water partition coefficient (Wildman–Crippen LogP) is 4.32. The van der Waals surface area contributed by atoms with Gasteiger partial charge in [0.15, 0.2) is 6.61 Å². The van der Waals surface area contributed by atoms with Crippen molar-refractivity contribution in [3.8, 4) is 5.75 Å². The topological polar surface area (TPSA) is 84.5 Å². The zero-order valence-electron chi connectivity index (χ0n) is 16.9. The quantitative estimate of drug-likeness (QED) is 0.572. The van der Waals surface area contributed by atoms with Gasteiger partial charge in [0.05, 0.1) is 10.9 Å². The number of amides is 1. The summed E-state index contributed by atoms with van der Waals surface area (Å²) in [5.74, 6) is 0.190. The van der Waals surface area contributed by atoms with Gasteiger partial charge in [0.25, 0.3) is 5.91 Å². The Morgan fingerprint density at radius 3 is 2.50 bits per heavy atom. The molecule has 0 saturated heterocycles. The Balaban J connectivity index is 1.50. The highest BCUT2D eigenvalue weighted by Gasteiger charge is 2.21. The van der Waals surface area contributed by atoms with Gasteiger partial charge in [-0.1, -0.05) is 47.3 Å². The Bertz CT molecular complexity index is 957. The number of rotatable bonds is 8. The van der Waals surface area contributed by atoms with Crippen LogP contribution in [0, 0.1) is 0 Å². The summed E-state index contributed by atoms with van der Waals surface area (Å²) in [6.07, 6.45) is 5.05. The fourth-order valence-electron chi connectivity index (χ4n) is 3.51. The Morgan fingerprint density at radius 2 is 1.83 bits per heavy atom. The molecule has 162 valence electrons. The second-order valence-electron chi connectivity index (χ2n) is 7.56. The van der Waals surface area contributed by atoms with Crippen LogP contribution in [0.1, 0.15) is 50.6 Å². The molecule has 0 heterocycles. The summed E-state index contributed by atoms with van der Waals surface area (Å²) in [7, 11) is -3.55. The van der Waals surface area contributed by atoms with Crippen molar-refractivity contribution in [3.63, 3.8) is 0 Å². The van der Waals surface area contributed by atoms with Crippen molar-refractivity contribution in [1.82, 2.24) is 10.0 Å². The molecule has 0 aliphatic heterocycles. The molecule has 0 spiro atoms. The largest absolute Gasteiger partial charge is 0.484 e. The lowest BCUT2D eigenvalue weighted by atomic mass is 9.96. The molecule has 0 aromatic heterocycles. The lowest BCUT2D eigenvalue weighted by Crippen LogP contribution is -2.36. The molecular weight excluding hydrogens is 468 g/mol. The number of hydrogen-bond acceptors (Lipinski definition) is 4. The smallest absolute Gasteiger partial charge is 0.258 e. The molecule has 2 N–H and O–H groups in total. The maximum atomic E-state index is 12.5.